The average molecular weight is 367 g/mol. The van der Waals surface area contributed by atoms with E-state index in [0.29, 0.717) is 11.8 Å². The fourth-order valence-corrected chi connectivity index (χ4v) is 4.39. The van der Waals surface area contributed by atoms with Crippen LogP contribution in [0.15, 0.2) is 42.5 Å². The van der Waals surface area contributed by atoms with Crippen molar-refractivity contribution in [1.82, 2.24) is 0 Å². The van der Waals surface area contributed by atoms with Gasteiger partial charge in [0.2, 0.25) is 0 Å². The molecule has 1 aromatic carbocycles. The molecule has 4 nitrogen and oxygen atoms in total. The highest BCUT2D eigenvalue weighted by atomic mass is 16.5. The zero-order chi connectivity index (χ0) is 19.3. The van der Waals surface area contributed by atoms with Gasteiger partial charge in [-0.25, -0.2) is 0 Å². The molecule has 4 rings (SSSR count). The first-order chi connectivity index (χ1) is 12.8. The number of nitrogens with two attached hydrogens (primary N) is 1. The van der Waals surface area contributed by atoms with Crippen LogP contribution in [0.1, 0.15) is 50.7 Å². The maximum Gasteiger partial charge on any atom is 0.129 e. The van der Waals surface area contributed by atoms with E-state index in [1.54, 1.807) is 0 Å². The van der Waals surface area contributed by atoms with Crippen molar-refractivity contribution in [2.75, 3.05) is 18.9 Å². The summed E-state index contributed by atoms with van der Waals surface area (Å²) >= 11 is 0. The van der Waals surface area contributed by atoms with E-state index < -0.39 is 11.2 Å². The molecule has 1 aromatic rings. The second kappa shape index (κ2) is 6.33. The summed E-state index contributed by atoms with van der Waals surface area (Å²) in [5.74, 6) is 0. The van der Waals surface area contributed by atoms with Crippen LogP contribution in [0.5, 0.6) is 0 Å². The number of hydrogen-bond acceptors (Lipinski definition) is 4. The molecule has 2 bridgehead atoms. The average Bonchev–Trinajstić information content (AvgIpc) is 2.94. The van der Waals surface area contributed by atoms with Crippen LogP contribution in [-0.2, 0) is 4.74 Å². The number of allylic oxidation sites excluding steroid dienone is 2. The molecular weight excluding hydrogens is 338 g/mol. The van der Waals surface area contributed by atoms with Gasteiger partial charge in [0, 0.05) is 17.7 Å². The lowest BCUT2D eigenvalue weighted by Gasteiger charge is -2.37. The molecule has 2 heterocycles. The second-order valence-corrected chi connectivity index (χ2v) is 9.02. The van der Waals surface area contributed by atoms with Gasteiger partial charge in [0.25, 0.3) is 0 Å². The summed E-state index contributed by atoms with van der Waals surface area (Å²) in [6.07, 6.45) is 11.9. The highest BCUT2D eigenvalue weighted by molar-refractivity contribution is 5.81. The summed E-state index contributed by atoms with van der Waals surface area (Å²) in [6.45, 7) is 4.36. The van der Waals surface area contributed by atoms with Crippen molar-refractivity contribution in [3.63, 3.8) is 0 Å². The van der Waals surface area contributed by atoms with E-state index in [1.807, 2.05) is 30.4 Å². The Morgan fingerprint density at radius 3 is 2.59 bits per heavy atom. The van der Waals surface area contributed by atoms with E-state index in [0.717, 1.165) is 41.6 Å². The lowest BCUT2D eigenvalue weighted by molar-refractivity contribution is -0.109. The standard InChI is InChI=1S/C23H29NO3/c1-21(2)7-5-16(6-8-21)19-11-17(3-4-20(19)24)18-12-22(14-25)9-10-23(13-18,15-26)27-22/h3-5,9-12,25-26H,6-8,13-15,24H2,1-2H3. The first kappa shape index (κ1) is 18.5. The van der Waals surface area contributed by atoms with Crippen molar-refractivity contribution < 1.29 is 14.9 Å². The summed E-state index contributed by atoms with van der Waals surface area (Å²) in [6, 6.07) is 6.15. The fraction of sp³-hybridized carbons (Fsp3) is 0.478. The van der Waals surface area contributed by atoms with Crippen LogP contribution in [0.4, 0.5) is 5.69 Å². The van der Waals surface area contributed by atoms with Crippen LogP contribution >= 0.6 is 0 Å². The third-order valence-corrected chi connectivity index (χ3v) is 6.23. The summed E-state index contributed by atoms with van der Waals surface area (Å²) in [5.41, 5.74) is 10.4. The quantitative estimate of drug-likeness (QED) is 0.560. The van der Waals surface area contributed by atoms with Gasteiger partial charge in [0.05, 0.1) is 13.2 Å². The van der Waals surface area contributed by atoms with Gasteiger partial charge < -0.3 is 20.7 Å². The molecule has 2 aliphatic heterocycles. The Labute approximate surface area is 161 Å². The van der Waals surface area contributed by atoms with E-state index in [9.17, 15) is 10.2 Å². The maximum absolute atomic E-state index is 9.88. The van der Waals surface area contributed by atoms with Crippen LogP contribution in [0.25, 0.3) is 11.1 Å². The maximum atomic E-state index is 9.88. The SMILES string of the molecule is CC1(C)CC=C(c2cc(C3=CC4(CO)C=CC(CO)(C3)O4)ccc2N)CC1. The van der Waals surface area contributed by atoms with Crippen molar-refractivity contribution in [3.8, 4) is 0 Å². The number of aliphatic hydroxyl groups excluding tert-OH is 2. The number of anilines is 1. The lowest BCUT2D eigenvalue weighted by Crippen LogP contribution is -2.44. The molecule has 0 saturated carbocycles. The normalized spacial score (nSPS) is 31.6. The molecular formula is C23H29NO3. The van der Waals surface area contributed by atoms with Crippen LogP contribution in [0.3, 0.4) is 0 Å². The first-order valence-electron chi connectivity index (χ1n) is 9.73. The number of rotatable bonds is 4. The van der Waals surface area contributed by atoms with Crippen molar-refractivity contribution in [3.05, 3.63) is 53.6 Å². The van der Waals surface area contributed by atoms with Gasteiger partial charge in [-0.1, -0.05) is 32.1 Å². The van der Waals surface area contributed by atoms with E-state index in [-0.39, 0.29) is 13.2 Å². The van der Waals surface area contributed by atoms with Gasteiger partial charge in [-0.15, -0.1) is 0 Å². The number of ether oxygens (including phenoxy) is 1. The third kappa shape index (κ3) is 3.27. The monoisotopic (exact) mass is 367 g/mol. The van der Waals surface area contributed by atoms with Crippen LogP contribution in [0.2, 0.25) is 0 Å². The Morgan fingerprint density at radius 1 is 1.11 bits per heavy atom. The summed E-state index contributed by atoms with van der Waals surface area (Å²) < 4.78 is 5.99. The summed E-state index contributed by atoms with van der Waals surface area (Å²) in [5, 5.41) is 19.7. The predicted octanol–water partition coefficient (Wildman–Crippen LogP) is 3.70. The highest BCUT2D eigenvalue weighted by Gasteiger charge is 2.47. The number of hydrogen-bond donors (Lipinski definition) is 3. The minimum atomic E-state index is -0.841. The Kier molecular flexibility index (Phi) is 4.34. The Balaban J connectivity index is 1.71. The number of nitrogen functional groups attached to an aromatic ring is 1. The minimum absolute atomic E-state index is 0.106. The largest absolute Gasteiger partial charge is 0.398 e. The van der Waals surface area contributed by atoms with Gasteiger partial charge in [-0.2, -0.15) is 0 Å². The molecule has 27 heavy (non-hydrogen) atoms. The zero-order valence-electron chi connectivity index (χ0n) is 16.2. The van der Waals surface area contributed by atoms with E-state index >= 15 is 0 Å². The minimum Gasteiger partial charge on any atom is -0.398 e. The lowest BCUT2D eigenvalue weighted by atomic mass is 9.76. The van der Waals surface area contributed by atoms with Crippen LogP contribution in [0, 0.1) is 5.41 Å². The second-order valence-electron chi connectivity index (χ2n) is 9.02. The van der Waals surface area contributed by atoms with Gasteiger partial charge >= 0.3 is 0 Å². The molecule has 2 atom stereocenters. The van der Waals surface area contributed by atoms with Gasteiger partial charge in [-0.3, -0.25) is 0 Å². The molecule has 0 fully saturated rings. The van der Waals surface area contributed by atoms with Crippen molar-refractivity contribution in [1.29, 1.82) is 0 Å². The number of aliphatic hydroxyl groups is 2. The predicted molar refractivity (Wildman–Crippen MR) is 109 cm³/mol. The Bertz CT molecular complexity index is 851. The molecule has 2 unspecified atom stereocenters. The van der Waals surface area contributed by atoms with Gasteiger partial charge in [-0.05, 0) is 65.7 Å². The summed E-state index contributed by atoms with van der Waals surface area (Å²) in [7, 11) is 0. The zero-order valence-corrected chi connectivity index (χ0v) is 16.2. The molecule has 0 radical (unpaired) electrons. The molecule has 4 N–H and O–H groups in total. The Hall–Kier alpha value is -1.88. The summed E-state index contributed by atoms with van der Waals surface area (Å²) in [4.78, 5) is 0. The van der Waals surface area contributed by atoms with Gasteiger partial charge in [0.15, 0.2) is 0 Å². The molecule has 4 heteroatoms. The molecule has 0 aromatic heterocycles. The fourth-order valence-electron chi connectivity index (χ4n) is 4.39. The highest BCUT2D eigenvalue weighted by Crippen LogP contribution is 2.46. The smallest absolute Gasteiger partial charge is 0.129 e. The molecule has 0 saturated heterocycles. The van der Waals surface area contributed by atoms with Crippen molar-refractivity contribution in [2.24, 2.45) is 5.41 Å². The van der Waals surface area contributed by atoms with Gasteiger partial charge in [0.1, 0.15) is 11.2 Å². The van der Waals surface area contributed by atoms with Crippen LogP contribution < -0.4 is 5.73 Å². The van der Waals surface area contributed by atoms with Crippen molar-refractivity contribution in [2.45, 2.75) is 50.7 Å². The van der Waals surface area contributed by atoms with E-state index in [1.165, 1.54) is 5.57 Å². The van der Waals surface area contributed by atoms with E-state index in [4.69, 9.17) is 10.5 Å². The van der Waals surface area contributed by atoms with E-state index in [2.05, 4.69) is 26.0 Å². The Morgan fingerprint density at radius 2 is 1.93 bits per heavy atom. The molecule has 144 valence electrons. The first-order valence-corrected chi connectivity index (χ1v) is 9.73. The number of benzene rings is 1. The number of fused-ring (bicyclic) bond motifs is 2. The topological polar surface area (TPSA) is 75.7 Å². The molecule has 0 amide bonds. The molecule has 0 spiro atoms. The third-order valence-electron chi connectivity index (χ3n) is 6.23. The van der Waals surface area contributed by atoms with Crippen molar-refractivity contribution >= 4 is 16.8 Å². The van der Waals surface area contributed by atoms with Crippen LogP contribution in [-0.4, -0.2) is 34.6 Å². The molecule has 3 aliphatic rings. The molecule has 1 aliphatic carbocycles.